The van der Waals surface area contributed by atoms with Crippen molar-refractivity contribution in [1.82, 2.24) is 5.32 Å². The Labute approximate surface area is 182 Å². The molecule has 0 radical (unpaired) electrons. The van der Waals surface area contributed by atoms with Gasteiger partial charge < -0.3 is 9.73 Å². The smallest absolute Gasteiger partial charge is 0.250 e. The third-order valence-electron chi connectivity index (χ3n) is 3.51. The summed E-state index contributed by atoms with van der Waals surface area (Å²) < 4.78 is 5.70. The van der Waals surface area contributed by atoms with Crippen molar-refractivity contribution < 1.29 is 9.21 Å². The number of nitrogens with one attached hydrogen (secondary N) is 2. The van der Waals surface area contributed by atoms with Gasteiger partial charge in [0.05, 0.1) is 0 Å². The van der Waals surface area contributed by atoms with Gasteiger partial charge in [-0.05, 0) is 72.9 Å². The number of furan rings is 1. The maximum atomic E-state index is 12.0. The molecule has 0 aliphatic rings. The molecule has 0 unspecified atom stereocenters. The molecule has 0 atom stereocenters. The monoisotopic (exact) mass is 450 g/mol. The zero-order chi connectivity index (χ0) is 20.1. The van der Waals surface area contributed by atoms with Gasteiger partial charge in [-0.2, -0.15) is 0 Å². The summed E-state index contributed by atoms with van der Waals surface area (Å²) in [5.74, 6) is 0.794. The molecule has 3 rings (SSSR count). The van der Waals surface area contributed by atoms with E-state index in [1.807, 2.05) is 18.2 Å². The highest BCUT2D eigenvalue weighted by molar-refractivity contribution is 7.80. The first-order chi connectivity index (χ1) is 13.4. The van der Waals surface area contributed by atoms with Gasteiger partial charge in [-0.25, -0.2) is 0 Å². The highest BCUT2D eigenvalue weighted by Crippen LogP contribution is 2.24. The summed E-state index contributed by atoms with van der Waals surface area (Å²) in [4.78, 5) is 12.0. The van der Waals surface area contributed by atoms with Crippen molar-refractivity contribution in [2.75, 3.05) is 5.32 Å². The Hall–Kier alpha value is -2.31. The Morgan fingerprint density at radius 2 is 1.61 bits per heavy atom. The minimum atomic E-state index is -0.407. The molecule has 28 heavy (non-hydrogen) atoms. The Morgan fingerprint density at radius 3 is 2.29 bits per heavy atom. The first kappa shape index (κ1) is 20.4. The number of hydrogen-bond donors (Lipinski definition) is 2. The van der Waals surface area contributed by atoms with Crippen LogP contribution in [0.25, 0.3) is 17.4 Å². The fourth-order valence-electron chi connectivity index (χ4n) is 2.31. The van der Waals surface area contributed by atoms with Crippen LogP contribution in [-0.2, 0) is 4.79 Å². The molecule has 8 heteroatoms. The average Bonchev–Trinajstić information content (AvgIpc) is 3.08. The quantitative estimate of drug-likeness (QED) is 0.354. The van der Waals surface area contributed by atoms with Gasteiger partial charge in [0.15, 0.2) is 5.11 Å². The normalized spacial score (nSPS) is 10.8. The molecule has 0 bridgehead atoms. The molecule has 1 heterocycles. The Kier molecular flexibility index (Phi) is 6.75. The number of benzene rings is 2. The Bertz CT molecular complexity index is 1030. The number of carbonyl (C=O) groups excluding carboxylic acids is 1. The Balaban J connectivity index is 1.57. The van der Waals surface area contributed by atoms with Crippen LogP contribution in [0.4, 0.5) is 5.69 Å². The van der Waals surface area contributed by atoms with Gasteiger partial charge in [0.2, 0.25) is 5.91 Å². The summed E-state index contributed by atoms with van der Waals surface area (Å²) in [6.45, 7) is 0. The van der Waals surface area contributed by atoms with Crippen molar-refractivity contribution in [2.45, 2.75) is 0 Å². The van der Waals surface area contributed by atoms with Crippen LogP contribution >= 0.6 is 47.0 Å². The Morgan fingerprint density at radius 1 is 0.929 bits per heavy atom. The summed E-state index contributed by atoms with van der Waals surface area (Å²) in [6, 6.07) is 15.7. The third kappa shape index (κ3) is 5.84. The number of rotatable bonds is 4. The van der Waals surface area contributed by atoms with Gasteiger partial charge in [0.1, 0.15) is 11.5 Å². The summed E-state index contributed by atoms with van der Waals surface area (Å²) in [5.41, 5.74) is 1.46. The standard InChI is InChI=1S/C20H13Cl3N2O2S/c21-13-3-1-12(2-4-13)18-7-5-17(27-18)6-8-19(26)25-20(28)24-16-10-14(22)9-15(23)11-16/h1-11H,(H2,24,25,26,28). The van der Waals surface area contributed by atoms with Crippen LogP contribution in [0.5, 0.6) is 0 Å². The molecule has 0 aliphatic heterocycles. The highest BCUT2D eigenvalue weighted by atomic mass is 35.5. The van der Waals surface area contributed by atoms with Crippen LogP contribution in [-0.4, -0.2) is 11.0 Å². The van der Waals surface area contributed by atoms with Crippen LogP contribution in [0.3, 0.4) is 0 Å². The number of thiocarbonyl (C=S) groups is 1. The van der Waals surface area contributed by atoms with E-state index in [2.05, 4.69) is 10.6 Å². The van der Waals surface area contributed by atoms with Crippen molar-refractivity contribution in [3.05, 3.63) is 81.5 Å². The second-order valence-corrected chi connectivity index (χ2v) is 7.36. The van der Waals surface area contributed by atoms with Crippen LogP contribution < -0.4 is 10.6 Å². The molecular weight excluding hydrogens is 439 g/mol. The van der Waals surface area contributed by atoms with Crippen LogP contribution in [0.1, 0.15) is 5.76 Å². The molecule has 3 aromatic rings. The first-order valence-corrected chi connectivity index (χ1v) is 9.55. The molecule has 1 amide bonds. The molecule has 2 N–H and O–H groups in total. The maximum absolute atomic E-state index is 12.0. The lowest BCUT2D eigenvalue weighted by Gasteiger charge is -2.08. The summed E-state index contributed by atoms with van der Waals surface area (Å²) in [7, 11) is 0. The lowest BCUT2D eigenvalue weighted by molar-refractivity contribution is -0.115. The molecule has 0 saturated heterocycles. The summed E-state index contributed by atoms with van der Waals surface area (Å²) >= 11 is 22.8. The number of carbonyl (C=O) groups is 1. The average molecular weight is 452 g/mol. The minimum Gasteiger partial charge on any atom is -0.457 e. The maximum Gasteiger partial charge on any atom is 0.250 e. The van der Waals surface area contributed by atoms with Crippen molar-refractivity contribution in [1.29, 1.82) is 0 Å². The van der Waals surface area contributed by atoms with E-state index in [0.717, 1.165) is 5.56 Å². The third-order valence-corrected chi connectivity index (χ3v) is 4.40. The largest absolute Gasteiger partial charge is 0.457 e. The molecule has 4 nitrogen and oxygen atoms in total. The van der Waals surface area contributed by atoms with Crippen molar-refractivity contribution in [2.24, 2.45) is 0 Å². The van der Waals surface area contributed by atoms with Gasteiger partial charge in [0.25, 0.3) is 0 Å². The molecule has 1 aromatic heterocycles. The van der Waals surface area contributed by atoms with Gasteiger partial charge in [-0.3, -0.25) is 10.1 Å². The topological polar surface area (TPSA) is 54.3 Å². The van der Waals surface area contributed by atoms with E-state index >= 15 is 0 Å². The van der Waals surface area contributed by atoms with E-state index in [4.69, 9.17) is 51.4 Å². The van der Waals surface area contributed by atoms with E-state index < -0.39 is 5.91 Å². The molecule has 142 valence electrons. The second-order valence-electron chi connectivity index (χ2n) is 5.64. The SMILES string of the molecule is O=C(C=Cc1ccc(-c2ccc(Cl)cc2)o1)NC(=S)Nc1cc(Cl)cc(Cl)c1. The number of halogens is 3. The predicted octanol–water partition coefficient (Wildman–Crippen LogP) is 6.43. The van der Waals surface area contributed by atoms with Gasteiger partial charge >= 0.3 is 0 Å². The molecular formula is C20H13Cl3N2O2S. The predicted molar refractivity (Wildman–Crippen MR) is 119 cm³/mol. The van der Waals surface area contributed by atoms with Crippen molar-refractivity contribution >= 4 is 69.8 Å². The fourth-order valence-corrected chi connectivity index (χ4v) is 3.18. The first-order valence-electron chi connectivity index (χ1n) is 8.01. The van der Waals surface area contributed by atoms with E-state index in [0.29, 0.717) is 32.3 Å². The zero-order valence-corrected chi connectivity index (χ0v) is 17.3. The molecule has 0 fully saturated rings. The minimum absolute atomic E-state index is 0.120. The molecule has 0 aliphatic carbocycles. The summed E-state index contributed by atoms with van der Waals surface area (Å²) in [6.07, 6.45) is 2.87. The van der Waals surface area contributed by atoms with Crippen molar-refractivity contribution in [3.8, 4) is 11.3 Å². The number of anilines is 1. The zero-order valence-electron chi connectivity index (χ0n) is 14.2. The van der Waals surface area contributed by atoms with E-state index in [1.165, 1.54) is 6.08 Å². The van der Waals surface area contributed by atoms with E-state index in [-0.39, 0.29) is 5.11 Å². The molecule has 0 saturated carbocycles. The molecule has 0 spiro atoms. The van der Waals surface area contributed by atoms with Gasteiger partial charge in [0, 0.05) is 32.4 Å². The summed E-state index contributed by atoms with van der Waals surface area (Å²) in [5, 5.41) is 7.06. The lowest BCUT2D eigenvalue weighted by atomic mass is 10.2. The number of amides is 1. The lowest BCUT2D eigenvalue weighted by Crippen LogP contribution is -2.32. The van der Waals surface area contributed by atoms with E-state index in [9.17, 15) is 4.79 Å². The number of hydrogen-bond acceptors (Lipinski definition) is 3. The van der Waals surface area contributed by atoms with Crippen molar-refractivity contribution in [3.63, 3.8) is 0 Å². The van der Waals surface area contributed by atoms with Gasteiger partial charge in [-0.15, -0.1) is 0 Å². The van der Waals surface area contributed by atoms with E-state index in [1.54, 1.807) is 42.5 Å². The fraction of sp³-hybridized carbons (Fsp3) is 0. The highest BCUT2D eigenvalue weighted by Gasteiger charge is 2.06. The van der Waals surface area contributed by atoms with Crippen LogP contribution in [0, 0.1) is 0 Å². The second kappa shape index (κ2) is 9.26. The van der Waals surface area contributed by atoms with Gasteiger partial charge in [-0.1, -0.05) is 34.8 Å². The van der Waals surface area contributed by atoms with Crippen LogP contribution in [0.2, 0.25) is 15.1 Å². The van der Waals surface area contributed by atoms with Crippen LogP contribution in [0.15, 0.2) is 65.1 Å². The molecule has 2 aromatic carbocycles.